The largest absolute Gasteiger partial charge is 0.481 e. The zero-order valence-corrected chi connectivity index (χ0v) is 16.5. The van der Waals surface area contributed by atoms with E-state index in [1.165, 1.54) is 0 Å². The zero-order valence-electron chi connectivity index (χ0n) is 16.5. The smallest absolute Gasteiger partial charge is 0.325 e. The zero-order chi connectivity index (χ0) is 24.3. The monoisotopic (exact) mass is 447 g/mol. The minimum absolute atomic E-state index is 0.289. The van der Waals surface area contributed by atoms with Crippen LogP contribution in [0.25, 0.3) is 0 Å². The predicted octanol–water partition coefficient (Wildman–Crippen LogP) is -3.91. The van der Waals surface area contributed by atoms with Crippen molar-refractivity contribution in [1.29, 1.82) is 0 Å². The molecule has 10 N–H and O–H groups in total. The Bertz CT molecular complexity index is 740. The van der Waals surface area contributed by atoms with Crippen molar-refractivity contribution in [1.82, 2.24) is 16.0 Å². The maximum Gasteiger partial charge on any atom is 0.325 e. The van der Waals surface area contributed by atoms with Gasteiger partial charge in [0.15, 0.2) is 0 Å². The molecule has 0 spiro atoms. The van der Waals surface area contributed by atoms with Gasteiger partial charge in [-0.2, -0.15) is 0 Å². The third-order valence-electron chi connectivity index (χ3n) is 3.79. The summed E-state index contributed by atoms with van der Waals surface area (Å²) in [5.41, 5.74) is 10.5. The third-order valence-corrected chi connectivity index (χ3v) is 3.79. The first-order valence-corrected chi connectivity index (χ1v) is 8.86. The van der Waals surface area contributed by atoms with E-state index in [4.69, 9.17) is 26.8 Å². The van der Waals surface area contributed by atoms with Crippen molar-refractivity contribution in [3.05, 3.63) is 0 Å². The quantitative estimate of drug-likeness (QED) is 0.127. The minimum Gasteiger partial charge on any atom is -0.481 e. The summed E-state index contributed by atoms with van der Waals surface area (Å²) in [6.45, 7) is 1.12. The van der Waals surface area contributed by atoms with Gasteiger partial charge in [-0.25, -0.2) is 0 Å². The summed E-state index contributed by atoms with van der Waals surface area (Å²) < 4.78 is 0. The molecular formula is C16H25N5O10. The summed E-state index contributed by atoms with van der Waals surface area (Å²) in [6.07, 6.45) is -2.41. The molecule has 0 rings (SSSR count). The fourth-order valence-corrected chi connectivity index (χ4v) is 2.13. The maximum atomic E-state index is 12.4. The molecule has 0 heterocycles. The van der Waals surface area contributed by atoms with E-state index >= 15 is 0 Å². The Balaban J connectivity index is 5.36. The number of nitrogens with one attached hydrogen (secondary N) is 3. The third kappa shape index (κ3) is 11.1. The molecule has 0 saturated heterocycles. The SMILES string of the molecule is CC(NC(=O)C(CC(N)=O)NC(=O)C(CC(=O)O)NC(=O)C(N)CCC(=O)O)C(=O)O. The lowest BCUT2D eigenvalue weighted by atomic mass is 10.1. The van der Waals surface area contributed by atoms with Crippen LogP contribution >= 0.6 is 0 Å². The highest BCUT2D eigenvalue weighted by molar-refractivity contribution is 5.97. The average Bonchev–Trinajstić information content (AvgIpc) is 2.63. The Morgan fingerprint density at radius 1 is 0.774 bits per heavy atom. The van der Waals surface area contributed by atoms with Crippen LogP contribution in [0.2, 0.25) is 0 Å². The van der Waals surface area contributed by atoms with Crippen molar-refractivity contribution in [2.45, 2.75) is 56.8 Å². The van der Waals surface area contributed by atoms with E-state index in [0.29, 0.717) is 0 Å². The Morgan fingerprint density at radius 2 is 1.26 bits per heavy atom. The predicted molar refractivity (Wildman–Crippen MR) is 100 cm³/mol. The van der Waals surface area contributed by atoms with Crippen LogP contribution in [0.1, 0.15) is 32.6 Å². The molecule has 4 unspecified atom stereocenters. The van der Waals surface area contributed by atoms with Crippen molar-refractivity contribution < 1.29 is 48.9 Å². The Morgan fingerprint density at radius 3 is 1.71 bits per heavy atom. The van der Waals surface area contributed by atoms with Gasteiger partial charge in [-0.3, -0.25) is 33.6 Å². The molecule has 0 bridgehead atoms. The number of amides is 4. The van der Waals surface area contributed by atoms with Gasteiger partial charge < -0.3 is 42.7 Å². The molecule has 0 fully saturated rings. The molecule has 0 radical (unpaired) electrons. The molecule has 0 aliphatic carbocycles. The van der Waals surface area contributed by atoms with Gasteiger partial charge in [0.2, 0.25) is 23.6 Å². The molecule has 0 aliphatic heterocycles. The van der Waals surface area contributed by atoms with E-state index in [1.807, 2.05) is 16.0 Å². The molecule has 4 amide bonds. The van der Waals surface area contributed by atoms with Crippen LogP contribution in [-0.4, -0.2) is 81.0 Å². The fraction of sp³-hybridized carbons (Fsp3) is 0.562. The van der Waals surface area contributed by atoms with E-state index < -0.39 is 85.0 Å². The fourth-order valence-electron chi connectivity index (χ4n) is 2.13. The van der Waals surface area contributed by atoms with Crippen LogP contribution in [0.5, 0.6) is 0 Å². The molecule has 174 valence electrons. The van der Waals surface area contributed by atoms with Gasteiger partial charge in [-0.1, -0.05) is 0 Å². The molecule has 15 heteroatoms. The number of carboxylic acid groups (broad SMARTS) is 3. The van der Waals surface area contributed by atoms with Gasteiger partial charge in [0.25, 0.3) is 0 Å². The van der Waals surface area contributed by atoms with E-state index in [2.05, 4.69) is 0 Å². The lowest BCUT2D eigenvalue weighted by Crippen LogP contribution is -2.57. The lowest BCUT2D eigenvalue weighted by molar-refractivity contribution is -0.143. The Hall–Kier alpha value is -3.75. The van der Waals surface area contributed by atoms with Crippen LogP contribution in [0.15, 0.2) is 0 Å². The highest BCUT2D eigenvalue weighted by Gasteiger charge is 2.31. The molecule has 0 aliphatic rings. The second-order valence-electron chi connectivity index (χ2n) is 6.50. The number of rotatable bonds is 14. The van der Waals surface area contributed by atoms with E-state index in [-0.39, 0.29) is 6.42 Å². The number of aliphatic carboxylic acids is 3. The molecule has 15 nitrogen and oxygen atoms in total. The summed E-state index contributed by atoms with van der Waals surface area (Å²) in [5.74, 6) is -8.44. The molecular weight excluding hydrogens is 422 g/mol. The molecule has 0 saturated carbocycles. The molecule has 4 atom stereocenters. The standard InChI is InChI=1S/C16H25N5O10/c1-6(16(30)31)19-14(28)8(4-10(18)22)21-15(29)9(5-12(25)26)20-13(27)7(17)2-3-11(23)24/h6-9H,2-5,17H2,1H3,(H2,18,22)(H,19,28)(H,20,27)(H,21,29)(H,23,24)(H,25,26)(H,30,31). The first-order valence-electron chi connectivity index (χ1n) is 8.86. The number of carbonyl (C=O) groups is 7. The highest BCUT2D eigenvalue weighted by atomic mass is 16.4. The van der Waals surface area contributed by atoms with Crippen molar-refractivity contribution in [2.24, 2.45) is 11.5 Å². The van der Waals surface area contributed by atoms with Gasteiger partial charge in [-0.05, 0) is 13.3 Å². The summed E-state index contributed by atoms with van der Waals surface area (Å²) in [7, 11) is 0. The highest BCUT2D eigenvalue weighted by Crippen LogP contribution is 2.01. The number of nitrogens with two attached hydrogens (primary N) is 2. The first kappa shape index (κ1) is 27.2. The Labute approximate surface area is 175 Å². The summed E-state index contributed by atoms with van der Waals surface area (Å²) in [5, 5.41) is 32.5. The maximum absolute atomic E-state index is 12.4. The topological polar surface area (TPSA) is 268 Å². The number of primary amides is 1. The number of carboxylic acids is 3. The number of hydrogen-bond donors (Lipinski definition) is 8. The first-order chi connectivity index (χ1) is 14.2. The van der Waals surface area contributed by atoms with Gasteiger partial charge in [0.1, 0.15) is 18.1 Å². The van der Waals surface area contributed by atoms with Gasteiger partial charge >= 0.3 is 17.9 Å². The van der Waals surface area contributed by atoms with Crippen LogP contribution in [0, 0.1) is 0 Å². The molecule has 0 aromatic heterocycles. The van der Waals surface area contributed by atoms with Crippen molar-refractivity contribution in [2.75, 3.05) is 0 Å². The number of hydrogen-bond acceptors (Lipinski definition) is 8. The van der Waals surface area contributed by atoms with E-state index in [0.717, 1.165) is 6.92 Å². The van der Waals surface area contributed by atoms with Gasteiger partial charge in [0.05, 0.1) is 18.9 Å². The average molecular weight is 447 g/mol. The van der Waals surface area contributed by atoms with Crippen LogP contribution in [0.3, 0.4) is 0 Å². The lowest BCUT2D eigenvalue weighted by Gasteiger charge is -2.23. The molecule has 0 aromatic rings. The normalized spacial score (nSPS) is 14.3. The van der Waals surface area contributed by atoms with Crippen LogP contribution in [-0.2, 0) is 33.6 Å². The molecule has 31 heavy (non-hydrogen) atoms. The minimum atomic E-state index is -1.74. The summed E-state index contributed by atoms with van der Waals surface area (Å²) in [6, 6.07) is -6.12. The van der Waals surface area contributed by atoms with E-state index in [9.17, 15) is 33.6 Å². The number of carbonyl (C=O) groups excluding carboxylic acids is 4. The van der Waals surface area contributed by atoms with Crippen LogP contribution in [0.4, 0.5) is 0 Å². The summed E-state index contributed by atoms with van der Waals surface area (Å²) >= 11 is 0. The van der Waals surface area contributed by atoms with Crippen molar-refractivity contribution in [3.63, 3.8) is 0 Å². The van der Waals surface area contributed by atoms with Crippen molar-refractivity contribution >= 4 is 41.5 Å². The van der Waals surface area contributed by atoms with E-state index in [1.54, 1.807) is 0 Å². The van der Waals surface area contributed by atoms with Gasteiger partial charge in [0, 0.05) is 6.42 Å². The second kappa shape index (κ2) is 12.7. The van der Waals surface area contributed by atoms with Crippen LogP contribution < -0.4 is 27.4 Å². The Kier molecular flexibility index (Phi) is 11.2. The molecule has 0 aromatic carbocycles. The van der Waals surface area contributed by atoms with Gasteiger partial charge in [-0.15, -0.1) is 0 Å². The second-order valence-corrected chi connectivity index (χ2v) is 6.50. The van der Waals surface area contributed by atoms with Crippen molar-refractivity contribution in [3.8, 4) is 0 Å². The summed E-state index contributed by atoms with van der Waals surface area (Å²) in [4.78, 5) is 80.3.